The molecule has 1 aliphatic carbocycles. The van der Waals surface area contributed by atoms with Gasteiger partial charge in [-0.3, -0.25) is 4.79 Å². The van der Waals surface area contributed by atoms with E-state index in [0.717, 1.165) is 11.1 Å². The van der Waals surface area contributed by atoms with Gasteiger partial charge in [-0.15, -0.1) is 0 Å². The van der Waals surface area contributed by atoms with Crippen LogP contribution in [-0.2, 0) is 19.1 Å². The summed E-state index contributed by atoms with van der Waals surface area (Å²) in [5, 5.41) is 11.5. The summed E-state index contributed by atoms with van der Waals surface area (Å²) in [6.45, 7) is 2.72. The summed E-state index contributed by atoms with van der Waals surface area (Å²) < 4.78 is 10.9. The van der Waals surface area contributed by atoms with E-state index in [1.165, 1.54) is 11.1 Å². The van der Waals surface area contributed by atoms with Crippen LogP contribution in [0.2, 0.25) is 0 Å². The molecule has 1 saturated heterocycles. The van der Waals surface area contributed by atoms with Crippen molar-refractivity contribution < 1.29 is 29.0 Å². The molecule has 1 fully saturated rings. The number of rotatable bonds is 8. The first kappa shape index (κ1) is 23.8. The molecule has 34 heavy (non-hydrogen) atoms. The molecule has 180 valence electrons. The van der Waals surface area contributed by atoms with Gasteiger partial charge in [-0.1, -0.05) is 48.5 Å². The molecule has 2 aliphatic rings. The number of likely N-dealkylation sites (tertiary alicyclic amines) is 1. The van der Waals surface area contributed by atoms with Crippen LogP contribution in [-0.4, -0.2) is 66.4 Å². The first-order valence-corrected chi connectivity index (χ1v) is 11.6. The summed E-state index contributed by atoms with van der Waals surface area (Å²) in [6.07, 6.45) is 0.699. The molecule has 2 aromatic rings. The number of carbonyl (C=O) groups excluding carboxylic acids is 2. The number of carbonyl (C=O) groups is 3. The van der Waals surface area contributed by atoms with Gasteiger partial charge in [-0.05, 0) is 42.0 Å². The van der Waals surface area contributed by atoms with Crippen LogP contribution < -0.4 is 5.32 Å². The Morgan fingerprint density at radius 3 is 2.21 bits per heavy atom. The van der Waals surface area contributed by atoms with E-state index >= 15 is 0 Å². The van der Waals surface area contributed by atoms with Crippen molar-refractivity contribution in [3.8, 4) is 11.1 Å². The quantitative estimate of drug-likeness (QED) is 0.618. The number of carboxylic acid groups (broad SMARTS) is 1. The molecule has 0 radical (unpaired) electrons. The van der Waals surface area contributed by atoms with Gasteiger partial charge in [0.1, 0.15) is 13.2 Å². The summed E-state index contributed by atoms with van der Waals surface area (Å²) in [6, 6.07) is 15.9. The minimum Gasteiger partial charge on any atom is -0.480 e. The van der Waals surface area contributed by atoms with E-state index in [2.05, 4.69) is 29.6 Å². The Balaban J connectivity index is 1.23. The van der Waals surface area contributed by atoms with Crippen LogP contribution in [0.4, 0.5) is 4.79 Å². The van der Waals surface area contributed by atoms with Crippen molar-refractivity contribution >= 4 is 18.0 Å². The van der Waals surface area contributed by atoms with E-state index in [4.69, 9.17) is 14.6 Å². The molecule has 2 aromatic carbocycles. The Morgan fingerprint density at radius 1 is 1.03 bits per heavy atom. The fourth-order valence-corrected chi connectivity index (χ4v) is 4.74. The van der Waals surface area contributed by atoms with Crippen LogP contribution in [0.15, 0.2) is 48.5 Å². The third kappa shape index (κ3) is 5.56. The van der Waals surface area contributed by atoms with Gasteiger partial charge in [0.15, 0.2) is 0 Å². The predicted molar refractivity (Wildman–Crippen MR) is 125 cm³/mol. The van der Waals surface area contributed by atoms with Crippen molar-refractivity contribution in [3.05, 3.63) is 59.7 Å². The van der Waals surface area contributed by atoms with Gasteiger partial charge >= 0.3 is 12.1 Å². The Kier molecular flexibility index (Phi) is 7.47. The van der Waals surface area contributed by atoms with Gasteiger partial charge in [0.2, 0.25) is 5.91 Å². The molecule has 2 N–H and O–H groups in total. The molecule has 8 heteroatoms. The second-order valence-electron chi connectivity index (χ2n) is 8.86. The Hall–Kier alpha value is -3.39. The van der Waals surface area contributed by atoms with Crippen LogP contribution in [0.1, 0.15) is 43.2 Å². The number of amides is 2. The lowest BCUT2D eigenvalue weighted by Gasteiger charge is -2.32. The van der Waals surface area contributed by atoms with Gasteiger partial charge in [0, 0.05) is 31.5 Å². The minimum absolute atomic E-state index is 0.0141. The summed E-state index contributed by atoms with van der Waals surface area (Å²) in [7, 11) is 0. The lowest BCUT2D eigenvalue weighted by atomic mass is 9.98. The first-order valence-electron chi connectivity index (χ1n) is 11.6. The zero-order valence-corrected chi connectivity index (χ0v) is 19.2. The fourth-order valence-electron chi connectivity index (χ4n) is 4.74. The molecular weight excluding hydrogens is 436 g/mol. The Bertz CT molecular complexity index is 1000. The molecule has 0 aromatic heterocycles. The third-order valence-electron chi connectivity index (χ3n) is 6.43. The minimum atomic E-state index is -0.994. The molecule has 0 unspecified atom stereocenters. The number of nitrogens with one attached hydrogen (secondary N) is 1. The summed E-state index contributed by atoms with van der Waals surface area (Å²) in [4.78, 5) is 37.4. The van der Waals surface area contributed by atoms with E-state index < -0.39 is 12.1 Å². The fraction of sp³-hybridized carbons (Fsp3) is 0.423. The summed E-state index contributed by atoms with van der Waals surface area (Å²) in [5.41, 5.74) is 4.64. The second-order valence-corrected chi connectivity index (χ2v) is 8.86. The lowest BCUT2D eigenvalue weighted by molar-refractivity contribution is -0.147. The number of hydrogen-bond donors (Lipinski definition) is 2. The maximum Gasteiger partial charge on any atom is 0.407 e. The normalized spacial score (nSPS) is 16.4. The van der Waals surface area contributed by atoms with Crippen LogP contribution in [0.5, 0.6) is 0 Å². The highest BCUT2D eigenvalue weighted by molar-refractivity contribution is 5.79. The van der Waals surface area contributed by atoms with E-state index in [9.17, 15) is 14.4 Å². The largest absolute Gasteiger partial charge is 0.480 e. The van der Waals surface area contributed by atoms with Gasteiger partial charge in [0.05, 0.1) is 6.10 Å². The number of carboxylic acids is 1. The molecule has 1 aliphatic heterocycles. The standard InChI is InChI=1S/C26H30N2O6/c1-17(14-24(29)28-12-10-18(11-13-28)33-16-25(30)31)27-26(32)34-15-23-21-8-4-2-6-19(21)20-7-3-5-9-22(20)23/h2-9,17-18,23H,10-16H2,1H3,(H,27,32)(H,30,31)/t17-/m0/s1. The Morgan fingerprint density at radius 2 is 1.62 bits per heavy atom. The SMILES string of the molecule is C[C@@H](CC(=O)N1CCC(OCC(=O)O)CC1)NC(=O)OCC1c2ccccc2-c2ccccc21. The number of aliphatic carboxylic acids is 1. The molecule has 8 nitrogen and oxygen atoms in total. The third-order valence-corrected chi connectivity index (χ3v) is 6.43. The maximum atomic E-state index is 12.6. The number of benzene rings is 2. The van der Waals surface area contributed by atoms with Crippen molar-refractivity contribution in [2.24, 2.45) is 0 Å². The predicted octanol–water partition coefficient (Wildman–Crippen LogP) is 3.40. The highest BCUT2D eigenvalue weighted by atomic mass is 16.5. The van der Waals surface area contributed by atoms with Crippen molar-refractivity contribution in [2.45, 2.75) is 44.2 Å². The smallest absolute Gasteiger partial charge is 0.407 e. The average molecular weight is 467 g/mol. The van der Waals surface area contributed by atoms with Gasteiger partial charge in [-0.25, -0.2) is 9.59 Å². The monoisotopic (exact) mass is 466 g/mol. The topological polar surface area (TPSA) is 105 Å². The number of ether oxygens (including phenoxy) is 2. The van der Waals surface area contributed by atoms with Crippen molar-refractivity contribution in [1.82, 2.24) is 10.2 Å². The second kappa shape index (κ2) is 10.7. The van der Waals surface area contributed by atoms with Crippen LogP contribution in [0.3, 0.4) is 0 Å². The molecule has 0 spiro atoms. The van der Waals surface area contributed by atoms with Gasteiger partial charge in [-0.2, -0.15) is 0 Å². The van der Waals surface area contributed by atoms with Crippen molar-refractivity contribution in [3.63, 3.8) is 0 Å². The number of fused-ring (bicyclic) bond motifs is 3. The van der Waals surface area contributed by atoms with Crippen LogP contribution in [0.25, 0.3) is 11.1 Å². The number of piperidine rings is 1. The summed E-state index contributed by atoms with van der Waals surface area (Å²) >= 11 is 0. The van der Waals surface area contributed by atoms with Crippen LogP contribution in [0, 0.1) is 0 Å². The van der Waals surface area contributed by atoms with E-state index in [0.29, 0.717) is 25.9 Å². The van der Waals surface area contributed by atoms with Gasteiger partial charge in [0.25, 0.3) is 0 Å². The van der Waals surface area contributed by atoms with E-state index in [1.807, 2.05) is 24.3 Å². The number of nitrogens with zero attached hydrogens (tertiary/aromatic N) is 1. The molecule has 1 atom stereocenters. The van der Waals surface area contributed by atoms with Gasteiger partial charge < -0.3 is 24.8 Å². The number of hydrogen-bond acceptors (Lipinski definition) is 5. The zero-order chi connectivity index (χ0) is 24.1. The molecular formula is C26H30N2O6. The lowest BCUT2D eigenvalue weighted by Crippen LogP contribution is -2.44. The maximum absolute atomic E-state index is 12.6. The molecule has 4 rings (SSSR count). The van der Waals surface area contributed by atoms with E-state index in [-0.39, 0.29) is 43.6 Å². The highest BCUT2D eigenvalue weighted by Crippen LogP contribution is 2.44. The molecule has 1 heterocycles. The molecule has 2 amide bonds. The highest BCUT2D eigenvalue weighted by Gasteiger charge is 2.29. The number of alkyl carbamates (subject to hydrolysis) is 1. The van der Waals surface area contributed by atoms with E-state index in [1.54, 1.807) is 11.8 Å². The van der Waals surface area contributed by atoms with Crippen LogP contribution >= 0.6 is 0 Å². The Labute approximate surface area is 198 Å². The first-order chi connectivity index (χ1) is 16.4. The van der Waals surface area contributed by atoms with Crippen molar-refractivity contribution in [1.29, 1.82) is 0 Å². The zero-order valence-electron chi connectivity index (χ0n) is 19.2. The summed E-state index contributed by atoms with van der Waals surface area (Å²) in [5.74, 6) is -1.06. The van der Waals surface area contributed by atoms with Crippen molar-refractivity contribution in [2.75, 3.05) is 26.3 Å². The molecule has 0 bridgehead atoms. The molecule has 0 saturated carbocycles. The average Bonchev–Trinajstić information content (AvgIpc) is 3.15.